The lowest BCUT2D eigenvalue weighted by molar-refractivity contribution is 0.456. The summed E-state index contributed by atoms with van der Waals surface area (Å²) in [6, 6.07) is 14.9. The van der Waals surface area contributed by atoms with Crippen molar-refractivity contribution in [2.24, 2.45) is 0 Å². The van der Waals surface area contributed by atoms with Gasteiger partial charge < -0.3 is 10.4 Å². The van der Waals surface area contributed by atoms with Gasteiger partial charge in [0.15, 0.2) is 0 Å². The Morgan fingerprint density at radius 1 is 0.952 bits per heavy atom. The molecule has 2 aromatic carbocycles. The number of nitrogens with one attached hydrogen (secondary N) is 1. The number of benzene rings is 2. The normalized spacial score (nSPS) is 12.6. The van der Waals surface area contributed by atoms with Crippen LogP contribution in [0.25, 0.3) is 0 Å². The Bertz CT molecular complexity index is 587. The van der Waals surface area contributed by atoms with Gasteiger partial charge in [-0.2, -0.15) is 0 Å². The molecule has 0 aliphatic heterocycles. The fourth-order valence-corrected chi connectivity index (χ4v) is 2.41. The summed E-state index contributed by atoms with van der Waals surface area (Å²) in [6.45, 7) is 9.15. The van der Waals surface area contributed by atoms with E-state index >= 15 is 0 Å². The number of hydrogen-bond acceptors (Lipinski definition) is 2. The van der Waals surface area contributed by atoms with Crippen molar-refractivity contribution in [3.05, 3.63) is 64.7 Å². The summed E-state index contributed by atoms with van der Waals surface area (Å²) >= 11 is 0. The van der Waals surface area contributed by atoms with Gasteiger partial charge in [0.25, 0.3) is 0 Å². The molecule has 21 heavy (non-hydrogen) atoms. The minimum Gasteiger partial charge on any atom is -0.507 e. The van der Waals surface area contributed by atoms with E-state index in [0.717, 1.165) is 11.1 Å². The second kappa shape index (κ2) is 6.77. The van der Waals surface area contributed by atoms with Crippen LogP contribution in [0.2, 0.25) is 0 Å². The third-order valence-electron chi connectivity index (χ3n) is 4.02. The zero-order valence-corrected chi connectivity index (χ0v) is 13.4. The molecule has 2 N–H and O–H groups in total. The van der Waals surface area contributed by atoms with Gasteiger partial charge in [-0.15, -0.1) is 0 Å². The molecule has 0 amide bonds. The van der Waals surface area contributed by atoms with Gasteiger partial charge in [0.05, 0.1) is 0 Å². The summed E-state index contributed by atoms with van der Waals surface area (Å²) in [4.78, 5) is 0. The molecule has 1 atom stereocenters. The van der Waals surface area contributed by atoms with Gasteiger partial charge in [0.1, 0.15) is 5.75 Å². The topological polar surface area (TPSA) is 32.3 Å². The number of hydrogen-bond donors (Lipinski definition) is 2. The summed E-state index contributed by atoms with van der Waals surface area (Å²) in [7, 11) is 0. The molecule has 1 unspecified atom stereocenters. The molecule has 0 bridgehead atoms. The predicted octanol–water partition coefficient (Wildman–Crippen LogP) is 4.67. The van der Waals surface area contributed by atoms with Crippen molar-refractivity contribution in [3.8, 4) is 5.75 Å². The number of phenolic OH excluding ortho intramolecular Hbond substituents is 1. The summed E-state index contributed by atoms with van der Waals surface area (Å²) < 4.78 is 0. The molecule has 0 radical (unpaired) electrons. The number of aryl methyl sites for hydroxylation is 1. The Balaban J connectivity index is 2.01. The maximum Gasteiger partial charge on any atom is 0.122 e. The highest BCUT2D eigenvalue weighted by atomic mass is 16.3. The van der Waals surface area contributed by atoms with Crippen LogP contribution in [-0.4, -0.2) is 5.11 Å². The molecule has 0 spiro atoms. The highest BCUT2D eigenvalue weighted by molar-refractivity contribution is 5.39. The summed E-state index contributed by atoms with van der Waals surface area (Å²) in [5, 5.41) is 13.5. The van der Waals surface area contributed by atoms with E-state index in [1.807, 2.05) is 25.1 Å². The molecule has 2 heteroatoms. The molecule has 0 fully saturated rings. The summed E-state index contributed by atoms with van der Waals surface area (Å²) in [5.74, 6) is 0.957. The van der Waals surface area contributed by atoms with Crippen LogP contribution in [0, 0.1) is 6.92 Å². The first-order valence-corrected chi connectivity index (χ1v) is 7.59. The second-order valence-corrected chi connectivity index (χ2v) is 6.01. The third kappa shape index (κ3) is 3.85. The van der Waals surface area contributed by atoms with E-state index in [9.17, 15) is 5.11 Å². The Labute approximate surface area is 127 Å². The van der Waals surface area contributed by atoms with Crippen LogP contribution in [0.5, 0.6) is 5.75 Å². The van der Waals surface area contributed by atoms with Gasteiger partial charge in [-0.3, -0.25) is 0 Å². The molecule has 2 rings (SSSR count). The van der Waals surface area contributed by atoms with Crippen LogP contribution < -0.4 is 5.32 Å². The molecule has 0 saturated carbocycles. The molecule has 2 nitrogen and oxygen atoms in total. The van der Waals surface area contributed by atoms with Crippen molar-refractivity contribution in [3.63, 3.8) is 0 Å². The molecular formula is C19H25NO. The van der Waals surface area contributed by atoms with Crippen LogP contribution in [0.1, 0.15) is 55.0 Å². The maximum atomic E-state index is 10.0. The van der Waals surface area contributed by atoms with Gasteiger partial charge in [0, 0.05) is 18.2 Å². The number of phenols is 1. The van der Waals surface area contributed by atoms with Gasteiger partial charge in [-0.1, -0.05) is 56.3 Å². The molecular weight excluding hydrogens is 258 g/mol. The quantitative estimate of drug-likeness (QED) is 0.835. The Hall–Kier alpha value is -1.80. The van der Waals surface area contributed by atoms with E-state index in [1.54, 1.807) is 0 Å². The van der Waals surface area contributed by atoms with Crippen LogP contribution in [0.3, 0.4) is 0 Å². The van der Waals surface area contributed by atoms with E-state index in [0.29, 0.717) is 18.2 Å². The van der Waals surface area contributed by atoms with Crippen molar-refractivity contribution in [2.75, 3.05) is 0 Å². The maximum absolute atomic E-state index is 10.0. The van der Waals surface area contributed by atoms with Crippen LogP contribution in [0.15, 0.2) is 42.5 Å². The Kier molecular flexibility index (Phi) is 5.03. The molecule has 0 saturated heterocycles. The van der Waals surface area contributed by atoms with Crippen molar-refractivity contribution in [1.82, 2.24) is 5.32 Å². The molecule has 112 valence electrons. The van der Waals surface area contributed by atoms with Crippen molar-refractivity contribution in [1.29, 1.82) is 0 Å². The predicted molar refractivity (Wildman–Crippen MR) is 88.6 cm³/mol. The molecule has 0 aromatic heterocycles. The lowest BCUT2D eigenvalue weighted by Gasteiger charge is -2.16. The fraction of sp³-hybridized carbons (Fsp3) is 0.368. The highest BCUT2D eigenvalue weighted by Crippen LogP contribution is 2.23. The van der Waals surface area contributed by atoms with Crippen LogP contribution in [0.4, 0.5) is 0 Å². The first kappa shape index (κ1) is 15.6. The van der Waals surface area contributed by atoms with E-state index in [1.165, 1.54) is 11.1 Å². The SMILES string of the molecule is Cc1cccc(CNC(C)c2ccc(C(C)C)cc2)c1O. The molecule has 0 heterocycles. The molecule has 0 aliphatic rings. The first-order valence-electron chi connectivity index (χ1n) is 7.59. The van der Waals surface area contributed by atoms with Crippen LogP contribution in [-0.2, 0) is 6.54 Å². The van der Waals surface area contributed by atoms with Gasteiger partial charge in [-0.25, -0.2) is 0 Å². The lowest BCUT2D eigenvalue weighted by atomic mass is 9.99. The fourth-order valence-electron chi connectivity index (χ4n) is 2.41. The first-order chi connectivity index (χ1) is 9.99. The average molecular weight is 283 g/mol. The minimum absolute atomic E-state index is 0.256. The average Bonchev–Trinajstić information content (AvgIpc) is 2.48. The van der Waals surface area contributed by atoms with Crippen molar-refractivity contribution >= 4 is 0 Å². The monoisotopic (exact) mass is 283 g/mol. The highest BCUT2D eigenvalue weighted by Gasteiger charge is 2.08. The number of para-hydroxylation sites is 1. The van der Waals surface area contributed by atoms with E-state index in [4.69, 9.17) is 0 Å². The van der Waals surface area contributed by atoms with Crippen molar-refractivity contribution in [2.45, 2.75) is 46.2 Å². The summed E-state index contributed by atoms with van der Waals surface area (Å²) in [5.41, 5.74) is 4.50. The van der Waals surface area contributed by atoms with Gasteiger partial charge in [0.2, 0.25) is 0 Å². The number of rotatable bonds is 5. The Morgan fingerprint density at radius 2 is 1.57 bits per heavy atom. The van der Waals surface area contributed by atoms with E-state index in [2.05, 4.69) is 50.4 Å². The van der Waals surface area contributed by atoms with Gasteiger partial charge in [-0.05, 0) is 36.5 Å². The van der Waals surface area contributed by atoms with E-state index < -0.39 is 0 Å². The summed E-state index contributed by atoms with van der Waals surface area (Å²) in [6.07, 6.45) is 0. The zero-order valence-electron chi connectivity index (χ0n) is 13.4. The number of aromatic hydroxyl groups is 1. The standard InChI is InChI=1S/C19H25NO/c1-13(2)16-8-10-17(11-9-16)15(4)20-12-18-7-5-6-14(3)19(18)21/h5-11,13,15,20-21H,12H2,1-4H3. The van der Waals surface area contributed by atoms with Crippen LogP contribution >= 0.6 is 0 Å². The minimum atomic E-state index is 0.256. The van der Waals surface area contributed by atoms with Crippen molar-refractivity contribution < 1.29 is 5.11 Å². The zero-order chi connectivity index (χ0) is 15.4. The lowest BCUT2D eigenvalue weighted by Crippen LogP contribution is -2.18. The van der Waals surface area contributed by atoms with E-state index in [-0.39, 0.29) is 6.04 Å². The smallest absolute Gasteiger partial charge is 0.122 e. The molecule has 0 aliphatic carbocycles. The Morgan fingerprint density at radius 3 is 2.19 bits per heavy atom. The third-order valence-corrected chi connectivity index (χ3v) is 4.02. The largest absolute Gasteiger partial charge is 0.507 e. The second-order valence-electron chi connectivity index (χ2n) is 6.01. The molecule has 2 aromatic rings. The van der Waals surface area contributed by atoms with Gasteiger partial charge >= 0.3 is 0 Å².